The second-order valence-electron chi connectivity index (χ2n) is 10.9. The van der Waals surface area contributed by atoms with Crippen molar-refractivity contribution in [1.82, 2.24) is 0 Å². The van der Waals surface area contributed by atoms with Crippen LogP contribution in [0.4, 0.5) is 0 Å². The normalized spacial score (nSPS) is 22.6. The summed E-state index contributed by atoms with van der Waals surface area (Å²) in [6.45, 7) is 0. The van der Waals surface area contributed by atoms with Crippen LogP contribution in [-0.2, 0) is 27.8 Å². The van der Waals surface area contributed by atoms with Gasteiger partial charge < -0.3 is 9.84 Å². The number of hydrogen-bond acceptors (Lipinski definition) is 5. The smallest absolute Gasteiger partial charge is 0.315 e. The maximum atomic E-state index is 14.4. The molecule has 0 saturated carbocycles. The first-order chi connectivity index (χ1) is 19.3. The summed E-state index contributed by atoms with van der Waals surface area (Å²) in [5.74, 6) is -1.35. The summed E-state index contributed by atoms with van der Waals surface area (Å²) < 4.78 is 40.1. The molecule has 0 amide bonds. The van der Waals surface area contributed by atoms with Crippen LogP contribution >= 0.6 is 0 Å². The highest BCUT2D eigenvalue weighted by Crippen LogP contribution is 2.62. The molecule has 4 aliphatic carbocycles. The van der Waals surface area contributed by atoms with Gasteiger partial charge in [0.05, 0.1) is 10.8 Å². The molecule has 2 atom stereocenters. The Morgan fingerprint density at radius 1 is 0.700 bits per heavy atom. The Morgan fingerprint density at radius 2 is 1.23 bits per heavy atom. The molecule has 7 heteroatoms. The van der Waals surface area contributed by atoms with Crippen molar-refractivity contribution in [3.8, 4) is 11.5 Å². The molecule has 40 heavy (non-hydrogen) atoms. The lowest BCUT2D eigenvalue weighted by molar-refractivity contribution is -0.141. The molecule has 0 radical (unpaired) electrons. The van der Waals surface area contributed by atoms with Gasteiger partial charge in [-0.2, -0.15) is 8.42 Å². The van der Waals surface area contributed by atoms with Gasteiger partial charge in [0.25, 0.3) is 10.1 Å². The molecule has 4 aliphatic rings. The Balaban J connectivity index is 1.39. The Labute approximate surface area is 233 Å². The lowest BCUT2D eigenvalue weighted by Gasteiger charge is -2.49. The predicted molar refractivity (Wildman–Crippen MR) is 149 cm³/mol. The van der Waals surface area contributed by atoms with E-state index in [0.29, 0.717) is 35.3 Å². The minimum atomic E-state index is -4.40. The summed E-state index contributed by atoms with van der Waals surface area (Å²) in [4.78, 5) is 14.3. The SMILES string of the molecule is O=C(Oc1ccc(S(=O)(=O)O)c2c1CCCC2)C1C2c3ccccc3C(c3ccccc32)C1c1ccccc1O. The average Bonchev–Trinajstić information content (AvgIpc) is 2.96. The van der Waals surface area contributed by atoms with Crippen molar-refractivity contribution in [2.24, 2.45) is 5.92 Å². The molecule has 2 unspecified atom stereocenters. The minimum Gasteiger partial charge on any atom is -0.508 e. The second kappa shape index (κ2) is 9.32. The second-order valence-corrected chi connectivity index (χ2v) is 12.3. The first kappa shape index (κ1) is 25.1. The van der Waals surface area contributed by atoms with E-state index in [4.69, 9.17) is 4.74 Å². The number of carbonyl (C=O) groups excluding carboxylic acids is 1. The third kappa shape index (κ3) is 3.79. The van der Waals surface area contributed by atoms with E-state index in [9.17, 15) is 22.9 Å². The van der Waals surface area contributed by atoms with Crippen LogP contribution in [0.5, 0.6) is 11.5 Å². The molecule has 0 aliphatic heterocycles. The fourth-order valence-corrected chi connectivity index (χ4v) is 8.20. The van der Waals surface area contributed by atoms with Gasteiger partial charge in [0.15, 0.2) is 0 Å². The van der Waals surface area contributed by atoms with Gasteiger partial charge >= 0.3 is 5.97 Å². The van der Waals surface area contributed by atoms with Crippen molar-refractivity contribution in [1.29, 1.82) is 0 Å². The zero-order valence-corrected chi connectivity index (χ0v) is 22.5. The maximum Gasteiger partial charge on any atom is 0.315 e. The van der Waals surface area contributed by atoms with E-state index in [1.54, 1.807) is 12.1 Å². The number of para-hydroxylation sites is 1. The van der Waals surface area contributed by atoms with Gasteiger partial charge in [-0.1, -0.05) is 66.7 Å². The Morgan fingerprint density at radius 3 is 1.80 bits per heavy atom. The van der Waals surface area contributed by atoms with Gasteiger partial charge in [0.1, 0.15) is 11.5 Å². The first-order valence-corrected chi connectivity index (χ1v) is 15.1. The molecule has 0 fully saturated rings. The topological polar surface area (TPSA) is 101 Å². The van der Waals surface area contributed by atoms with Crippen molar-refractivity contribution in [2.45, 2.75) is 48.3 Å². The van der Waals surface area contributed by atoms with Crippen molar-refractivity contribution in [3.63, 3.8) is 0 Å². The highest BCUT2D eigenvalue weighted by molar-refractivity contribution is 7.85. The van der Waals surface area contributed by atoms with Gasteiger partial charge in [-0.05, 0) is 82.8 Å². The Bertz CT molecular complexity index is 1730. The predicted octanol–water partition coefficient (Wildman–Crippen LogP) is 6.11. The summed E-state index contributed by atoms with van der Waals surface area (Å²) in [7, 11) is -4.40. The number of ether oxygens (including phenoxy) is 1. The maximum absolute atomic E-state index is 14.4. The molecule has 0 spiro atoms. The summed E-state index contributed by atoms with van der Waals surface area (Å²) in [5.41, 5.74) is 6.36. The van der Waals surface area contributed by atoms with Crippen LogP contribution < -0.4 is 4.74 Å². The van der Waals surface area contributed by atoms with E-state index < -0.39 is 22.0 Å². The van der Waals surface area contributed by atoms with Crippen LogP contribution in [0.3, 0.4) is 0 Å². The van der Waals surface area contributed by atoms with Gasteiger partial charge in [-0.15, -0.1) is 0 Å². The highest BCUT2D eigenvalue weighted by atomic mass is 32.2. The molecular weight excluding hydrogens is 524 g/mol. The van der Waals surface area contributed by atoms with Crippen LogP contribution in [0.15, 0.2) is 89.8 Å². The average molecular weight is 553 g/mol. The number of phenols is 1. The van der Waals surface area contributed by atoms with Crippen molar-refractivity contribution < 1.29 is 27.6 Å². The Hall–Kier alpha value is -3.94. The van der Waals surface area contributed by atoms with E-state index in [2.05, 4.69) is 24.3 Å². The number of carbonyl (C=O) groups is 1. The van der Waals surface area contributed by atoms with Crippen molar-refractivity contribution >= 4 is 16.1 Å². The summed E-state index contributed by atoms with van der Waals surface area (Å²) in [5, 5.41) is 11.0. The number of rotatable bonds is 4. The monoisotopic (exact) mass is 552 g/mol. The zero-order valence-electron chi connectivity index (χ0n) is 21.7. The van der Waals surface area contributed by atoms with E-state index in [0.717, 1.165) is 35.1 Å². The number of phenolic OH excluding ortho intramolecular Hbond substituents is 1. The largest absolute Gasteiger partial charge is 0.508 e. The molecular formula is C33H28O6S. The van der Waals surface area contributed by atoms with Gasteiger partial charge in [-0.3, -0.25) is 9.35 Å². The Kier molecular flexibility index (Phi) is 5.84. The van der Waals surface area contributed by atoms with Crippen LogP contribution in [0.1, 0.15) is 69.5 Å². The molecule has 2 bridgehead atoms. The van der Waals surface area contributed by atoms with E-state index in [-0.39, 0.29) is 28.4 Å². The van der Waals surface area contributed by atoms with Gasteiger partial charge in [-0.25, -0.2) is 0 Å². The lowest BCUT2D eigenvalue weighted by atomic mass is 9.53. The van der Waals surface area contributed by atoms with Crippen LogP contribution in [-0.4, -0.2) is 24.0 Å². The molecule has 4 aromatic rings. The molecule has 0 aromatic heterocycles. The summed E-state index contributed by atoms with van der Waals surface area (Å²) in [6, 6.07) is 26.4. The fraction of sp³-hybridized carbons (Fsp3) is 0.242. The summed E-state index contributed by atoms with van der Waals surface area (Å²) in [6.07, 6.45) is 2.68. The van der Waals surface area contributed by atoms with Gasteiger partial charge in [0.2, 0.25) is 0 Å². The number of fused-ring (bicyclic) bond motifs is 2. The number of benzene rings is 4. The molecule has 8 rings (SSSR count). The molecule has 202 valence electrons. The number of esters is 1. The fourth-order valence-electron chi connectivity index (χ4n) is 7.42. The van der Waals surface area contributed by atoms with Crippen molar-refractivity contribution in [2.75, 3.05) is 0 Å². The third-order valence-corrected chi connectivity index (χ3v) is 9.88. The zero-order chi connectivity index (χ0) is 27.6. The van der Waals surface area contributed by atoms with Crippen LogP contribution in [0.2, 0.25) is 0 Å². The van der Waals surface area contributed by atoms with E-state index in [1.807, 2.05) is 36.4 Å². The van der Waals surface area contributed by atoms with Crippen LogP contribution in [0, 0.1) is 5.92 Å². The molecule has 2 N–H and O–H groups in total. The molecule has 0 heterocycles. The standard InChI is InChI=1S/C33H28O6S/c34-26-16-8-7-15-25(26)31-29-21-11-3-5-13-23(21)30(24-14-6-4-12-22(24)29)32(31)33(35)39-27-17-18-28(40(36,37)38)20-10-2-1-9-19(20)27/h3-8,11-18,29-32,34H,1-2,9-10H2,(H,36,37,38). The third-order valence-electron chi connectivity index (χ3n) is 8.94. The quantitative estimate of drug-likeness (QED) is 0.180. The highest BCUT2D eigenvalue weighted by Gasteiger charge is 2.54. The molecule has 4 aromatic carbocycles. The summed E-state index contributed by atoms with van der Waals surface area (Å²) >= 11 is 0. The number of hydrogen-bond donors (Lipinski definition) is 2. The first-order valence-electron chi connectivity index (χ1n) is 13.6. The minimum absolute atomic E-state index is 0.117. The number of aromatic hydroxyl groups is 1. The van der Waals surface area contributed by atoms with E-state index >= 15 is 0 Å². The van der Waals surface area contributed by atoms with Crippen LogP contribution in [0.25, 0.3) is 0 Å². The lowest BCUT2D eigenvalue weighted by Crippen LogP contribution is -2.44. The van der Waals surface area contributed by atoms with E-state index in [1.165, 1.54) is 12.1 Å². The van der Waals surface area contributed by atoms with Gasteiger partial charge in [0, 0.05) is 17.8 Å². The van der Waals surface area contributed by atoms with Crippen molar-refractivity contribution in [3.05, 3.63) is 124 Å². The molecule has 6 nitrogen and oxygen atoms in total. The molecule has 0 saturated heterocycles.